The summed E-state index contributed by atoms with van der Waals surface area (Å²) >= 11 is 0. The van der Waals surface area contributed by atoms with Gasteiger partial charge in [-0.05, 0) is 87.0 Å². The Morgan fingerprint density at radius 1 is 1.08 bits per heavy atom. The van der Waals surface area contributed by atoms with E-state index in [-0.39, 0.29) is 40.3 Å². The normalized spacial score (nSPS) is 33.2. The largest absolute Gasteiger partial charge is 0.416 e. The summed E-state index contributed by atoms with van der Waals surface area (Å²) in [7, 11) is 0. The van der Waals surface area contributed by atoms with Crippen molar-refractivity contribution in [1.29, 1.82) is 0 Å². The lowest BCUT2D eigenvalue weighted by Gasteiger charge is -2.39. The first-order valence-electron chi connectivity index (χ1n) is 13.4. The fourth-order valence-corrected chi connectivity index (χ4v) is 7.08. The molecule has 1 aliphatic heterocycles. The van der Waals surface area contributed by atoms with Gasteiger partial charge in [0.15, 0.2) is 0 Å². The molecule has 1 aromatic carbocycles. The van der Waals surface area contributed by atoms with Gasteiger partial charge in [0.05, 0.1) is 22.8 Å². The molecule has 1 aromatic heterocycles. The number of carbonyl (C=O) groups excluding carboxylic acids is 1. The fourth-order valence-electron chi connectivity index (χ4n) is 7.08. The van der Waals surface area contributed by atoms with Crippen molar-refractivity contribution in [1.82, 2.24) is 20.4 Å². The number of alkyl halides is 3. The van der Waals surface area contributed by atoms with Crippen molar-refractivity contribution in [3.63, 3.8) is 0 Å². The van der Waals surface area contributed by atoms with Crippen LogP contribution in [0.3, 0.4) is 0 Å². The van der Waals surface area contributed by atoms with Crippen LogP contribution < -0.4 is 10.6 Å². The molecule has 6 atom stereocenters. The van der Waals surface area contributed by atoms with E-state index < -0.39 is 17.8 Å². The number of hydrogen-bond acceptors (Lipinski definition) is 3. The maximum Gasteiger partial charge on any atom is 0.416 e. The number of hydrogen-bond donors (Lipinski definition) is 2. The number of halogens is 3. The quantitative estimate of drug-likeness (QED) is 0.511. The van der Waals surface area contributed by atoms with Crippen LogP contribution in [0.5, 0.6) is 0 Å². The van der Waals surface area contributed by atoms with E-state index in [0.29, 0.717) is 12.3 Å². The maximum atomic E-state index is 13.6. The van der Waals surface area contributed by atoms with Crippen LogP contribution in [-0.4, -0.2) is 27.8 Å². The number of nitrogens with zero attached hydrogens (tertiary/aromatic N) is 2. The molecule has 2 aliphatic carbocycles. The monoisotopic (exact) mass is 516 g/mol. The Morgan fingerprint density at radius 2 is 1.76 bits per heavy atom. The molecule has 2 heterocycles. The standard InChI is InChI=1S/C29H39F3N4O/c1-26(2,3)36-14-12-21(35-36)20-16-22(33-24(20)17-7-9-18(10-8-17)29(30,31)32)25(37)34-23-15-19-11-13-28(23,6)27(19,4)5/h7-10,12,14,19-20,22-24,33H,11,13,15-16H2,1-6H3,(H,34,37)/t19-,20-,22+,23+,24+,28+/m1/s1. The lowest BCUT2D eigenvalue weighted by molar-refractivity contribution is -0.137. The number of aromatic nitrogens is 2. The van der Waals surface area contributed by atoms with Crippen LogP contribution in [0.15, 0.2) is 36.5 Å². The highest BCUT2D eigenvalue weighted by Crippen LogP contribution is 2.65. The van der Waals surface area contributed by atoms with E-state index in [1.54, 1.807) is 0 Å². The molecule has 2 aromatic rings. The molecule has 1 saturated heterocycles. The van der Waals surface area contributed by atoms with Gasteiger partial charge in [0, 0.05) is 24.2 Å². The minimum atomic E-state index is -4.39. The summed E-state index contributed by atoms with van der Waals surface area (Å²) in [5, 5.41) is 11.7. The van der Waals surface area contributed by atoms with Crippen molar-refractivity contribution in [3.05, 3.63) is 53.3 Å². The van der Waals surface area contributed by atoms with Gasteiger partial charge in [0.25, 0.3) is 0 Å². The fraction of sp³-hybridized carbons (Fsp3) is 0.655. The molecule has 2 bridgehead atoms. The summed E-state index contributed by atoms with van der Waals surface area (Å²) in [5.41, 5.74) is 0.962. The minimum absolute atomic E-state index is 0.0239. The van der Waals surface area contributed by atoms with Gasteiger partial charge in [-0.15, -0.1) is 0 Å². The Morgan fingerprint density at radius 3 is 2.27 bits per heavy atom. The van der Waals surface area contributed by atoms with Crippen LogP contribution in [0.4, 0.5) is 13.2 Å². The SMILES string of the molecule is CC(C)(C)n1ccc([C@H]2C[C@@H](C(=O)N[C@H]3C[C@H]4CC[C@]3(C)C4(C)C)N[C@H]2c2ccc(C(F)(F)F)cc2)n1. The molecule has 3 fully saturated rings. The molecule has 5 rings (SSSR count). The topological polar surface area (TPSA) is 59.0 Å². The minimum Gasteiger partial charge on any atom is -0.351 e. The van der Waals surface area contributed by atoms with E-state index in [9.17, 15) is 18.0 Å². The summed E-state index contributed by atoms with van der Waals surface area (Å²) in [6, 6.07) is 6.63. The van der Waals surface area contributed by atoms with E-state index in [1.165, 1.54) is 18.6 Å². The summed E-state index contributed by atoms with van der Waals surface area (Å²) in [6.07, 6.45) is 1.42. The first-order valence-corrected chi connectivity index (χ1v) is 13.4. The van der Waals surface area contributed by atoms with Crippen LogP contribution in [0.2, 0.25) is 0 Å². The van der Waals surface area contributed by atoms with E-state index in [4.69, 9.17) is 5.10 Å². The number of rotatable bonds is 4. The lowest BCUT2D eigenvalue weighted by atomic mass is 9.69. The van der Waals surface area contributed by atoms with Gasteiger partial charge in [0.1, 0.15) is 0 Å². The zero-order valence-electron chi connectivity index (χ0n) is 22.6. The highest BCUT2D eigenvalue weighted by atomic mass is 19.4. The molecule has 0 radical (unpaired) electrons. The Labute approximate surface area is 217 Å². The third-order valence-electron chi connectivity index (χ3n) is 9.97. The lowest BCUT2D eigenvalue weighted by Crippen LogP contribution is -2.51. The number of benzene rings is 1. The molecule has 3 aliphatic rings. The molecule has 5 nitrogen and oxygen atoms in total. The zero-order chi connectivity index (χ0) is 27.0. The summed E-state index contributed by atoms with van der Waals surface area (Å²) in [4.78, 5) is 13.6. The van der Waals surface area contributed by atoms with Crippen molar-refractivity contribution in [3.8, 4) is 0 Å². The van der Waals surface area contributed by atoms with Crippen molar-refractivity contribution < 1.29 is 18.0 Å². The second-order valence-corrected chi connectivity index (χ2v) is 13.2. The molecule has 1 amide bonds. The second-order valence-electron chi connectivity index (χ2n) is 13.2. The molecule has 0 spiro atoms. The van der Waals surface area contributed by atoms with Gasteiger partial charge in [-0.2, -0.15) is 18.3 Å². The van der Waals surface area contributed by atoms with Gasteiger partial charge in [-0.25, -0.2) is 0 Å². The van der Waals surface area contributed by atoms with E-state index in [0.717, 1.165) is 36.2 Å². The Bertz CT molecular complexity index is 1160. The molecule has 2 N–H and O–H groups in total. The van der Waals surface area contributed by atoms with E-state index in [2.05, 4.69) is 52.2 Å². The van der Waals surface area contributed by atoms with E-state index in [1.807, 2.05) is 16.9 Å². The summed E-state index contributed by atoms with van der Waals surface area (Å²) in [5.74, 6) is 0.459. The highest BCUT2D eigenvalue weighted by molar-refractivity contribution is 5.83. The van der Waals surface area contributed by atoms with Crippen LogP contribution in [0, 0.1) is 16.7 Å². The summed E-state index contributed by atoms with van der Waals surface area (Å²) in [6.45, 7) is 13.2. The predicted octanol–water partition coefficient (Wildman–Crippen LogP) is 6.17. The van der Waals surface area contributed by atoms with Gasteiger partial charge in [0.2, 0.25) is 5.91 Å². The maximum absolute atomic E-state index is 13.6. The second kappa shape index (κ2) is 8.58. The van der Waals surface area contributed by atoms with Crippen molar-refractivity contribution in [2.45, 2.75) is 103 Å². The third kappa shape index (κ3) is 4.39. The number of carbonyl (C=O) groups is 1. The number of amides is 1. The van der Waals surface area contributed by atoms with Gasteiger partial charge in [-0.1, -0.05) is 32.9 Å². The average molecular weight is 517 g/mol. The van der Waals surface area contributed by atoms with Crippen molar-refractivity contribution >= 4 is 5.91 Å². The molecule has 8 heteroatoms. The van der Waals surface area contributed by atoms with Crippen LogP contribution in [0.1, 0.15) is 96.0 Å². The smallest absolute Gasteiger partial charge is 0.351 e. The molecule has 0 unspecified atom stereocenters. The Hall–Kier alpha value is -2.35. The molecular formula is C29H39F3N4O. The number of fused-ring (bicyclic) bond motifs is 2. The van der Waals surface area contributed by atoms with Gasteiger partial charge in [-0.3, -0.25) is 14.8 Å². The average Bonchev–Trinajstić information content (AvgIpc) is 3.54. The van der Waals surface area contributed by atoms with Gasteiger partial charge < -0.3 is 5.32 Å². The summed E-state index contributed by atoms with van der Waals surface area (Å²) < 4.78 is 41.4. The molecule has 202 valence electrons. The Kier molecular flexibility index (Phi) is 6.09. The Balaban J connectivity index is 1.40. The van der Waals surface area contributed by atoms with Crippen LogP contribution in [0.25, 0.3) is 0 Å². The molecular weight excluding hydrogens is 477 g/mol. The van der Waals surface area contributed by atoms with Gasteiger partial charge >= 0.3 is 6.18 Å². The van der Waals surface area contributed by atoms with Crippen molar-refractivity contribution in [2.75, 3.05) is 0 Å². The highest BCUT2D eigenvalue weighted by Gasteiger charge is 2.61. The predicted molar refractivity (Wildman–Crippen MR) is 137 cm³/mol. The number of nitrogens with one attached hydrogen (secondary N) is 2. The zero-order valence-corrected chi connectivity index (χ0v) is 22.6. The van der Waals surface area contributed by atoms with E-state index >= 15 is 0 Å². The first kappa shape index (κ1) is 26.3. The molecule has 37 heavy (non-hydrogen) atoms. The van der Waals surface area contributed by atoms with Crippen LogP contribution >= 0.6 is 0 Å². The third-order valence-corrected chi connectivity index (χ3v) is 9.97. The molecule has 2 saturated carbocycles. The van der Waals surface area contributed by atoms with Crippen LogP contribution in [-0.2, 0) is 16.5 Å². The van der Waals surface area contributed by atoms with Crippen molar-refractivity contribution in [2.24, 2.45) is 16.7 Å². The first-order chi connectivity index (χ1) is 17.1.